The van der Waals surface area contributed by atoms with E-state index >= 15 is 0 Å². The van der Waals surface area contributed by atoms with Crippen LogP contribution in [0.5, 0.6) is 0 Å². The number of benzene rings is 1. The monoisotopic (exact) mass is 192 g/mol. The molecule has 0 spiro atoms. The van der Waals surface area contributed by atoms with Crippen molar-refractivity contribution in [3.05, 3.63) is 34.7 Å². The molecule has 1 rings (SSSR count). The van der Waals surface area contributed by atoms with Crippen LogP contribution in [0.15, 0.2) is 29.4 Å². The van der Waals surface area contributed by atoms with E-state index < -0.39 is 5.91 Å². The molecule has 5 heteroatoms. The Balaban J connectivity index is 2.83. The van der Waals surface area contributed by atoms with E-state index in [1.807, 2.05) is 0 Å². The Labute approximate surface area is 80.1 Å². The Morgan fingerprint density at radius 1 is 1.21 bits per heavy atom. The van der Waals surface area contributed by atoms with Gasteiger partial charge in [-0.25, -0.2) is 0 Å². The van der Waals surface area contributed by atoms with Crippen molar-refractivity contribution in [1.29, 1.82) is 0 Å². The second-order valence-corrected chi connectivity index (χ2v) is 2.65. The molecule has 0 unspecified atom stereocenters. The standard InChI is InChI=1S/C9H8N2O3/c1-6(12)10-8-4-2-7(3-5-8)9(13)11-14/h2-5H,1H3,(H,10,12). The first-order chi connectivity index (χ1) is 6.63. The van der Waals surface area contributed by atoms with Crippen molar-refractivity contribution in [2.24, 2.45) is 5.18 Å². The summed E-state index contributed by atoms with van der Waals surface area (Å²) in [6.07, 6.45) is 0. The number of rotatable bonds is 2. The predicted molar refractivity (Wildman–Crippen MR) is 50.9 cm³/mol. The molecular formula is C9H8N2O3. The number of nitrogens with one attached hydrogen (secondary N) is 1. The van der Waals surface area contributed by atoms with Gasteiger partial charge in [-0.05, 0) is 24.3 Å². The summed E-state index contributed by atoms with van der Waals surface area (Å²) >= 11 is 0. The molecule has 0 aromatic heterocycles. The van der Waals surface area contributed by atoms with Gasteiger partial charge in [-0.15, -0.1) is 4.91 Å². The maximum atomic E-state index is 10.8. The smallest absolute Gasteiger partial charge is 0.316 e. The summed E-state index contributed by atoms with van der Waals surface area (Å²) in [5.74, 6) is -1.02. The minimum absolute atomic E-state index is 0.197. The number of nitrogens with zero attached hydrogens (tertiary/aromatic N) is 1. The summed E-state index contributed by atoms with van der Waals surface area (Å²) in [7, 11) is 0. The third kappa shape index (κ3) is 2.48. The van der Waals surface area contributed by atoms with Crippen molar-refractivity contribution in [1.82, 2.24) is 0 Å². The van der Waals surface area contributed by atoms with E-state index in [9.17, 15) is 14.5 Å². The van der Waals surface area contributed by atoms with Crippen LogP contribution < -0.4 is 5.32 Å². The number of carbonyl (C=O) groups excluding carboxylic acids is 2. The van der Waals surface area contributed by atoms with Crippen LogP contribution in [0, 0.1) is 4.91 Å². The van der Waals surface area contributed by atoms with Crippen LogP contribution in [0.4, 0.5) is 5.69 Å². The maximum Gasteiger partial charge on any atom is 0.316 e. The van der Waals surface area contributed by atoms with Gasteiger partial charge in [0.1, 0.15) is 0 Å². The fourth-order valence-electron chi connectivity index (χ4n) is 0.952. The van der Waals surface area contributed by atoms with Gasteiger partial charge in [-0.2, -0.15) is 0 Å². The lowest BCUT2D eigenvalue weighted by Crippen LogP contribution is -2.05. The topological polar surface area (TPSA) is 75.6 Å². The number of nitroso groups, excluding NO2 is 1. The molecule has 0 heterocycles. The normalized spacial score (nSPS) is 9.21. The molecule has 0 saturated heterocycles. The highest BCUT2D eigenvalue weighted by molar-refractivity contribution is 5.95. The lowest BCUT2D eigenvalue weighted by Gasteiger charge is -2.00. The van der Waals surface area contributed by atoms with Crippen LogP contribution in [0.25, 0.3) is 0 Å². The number of anilines is 1. The first-order valence-corrected chi connectivity index (χ1v) is 3.89. The zero-order valence-electron chi connectivity index (χ0n) is 7.48. The Hall–Kier alpha value is -2.04. The Bertz CT molecular complexity index is 370. The molecule has 14 heavy (non-hydrogen) atoms. The van der Waals surface area contributed by atoms with Crippen molar-refractivity contribution in [3.63, 3.8) is 0 Å². The van der Waals surface area contributed by atoms with E-state index in [4.69, 9.17) is 0 Å². The Kier molecular flexibility index (Phi) is 3.06. The molecule has 0 atom stereocenters. The van der Waals surface area contributed by atoms with Crippen molar-refractivity contribution in [3.8, 4) is 0 Å². The van der Waals surface area contributed by atoms with E-state index in [0.717, 1.165) is 0 Å². The third-order valence-corrected chi connectivity index (χ3v) is 1.54. The van der Waals surface area contributed by atoms with Crippen LogP contribution in [0.1, 0.15) is 17.3 Å². The van der Waals surface area contributed by atoms with Crippen molar-refractivity contribution >= 4 is 17.5 Å². The van der Waals surface area contributed by atoms with Crippen LogP contribution in [-0.4, -0.2) is 11.8 Å². The van der Waals surface area contributed by atoms with Gasteiger partial charge < -0.3 is 5.32 Å². The zero-order chi connectivity index (χ0) is 10.6. The first-order valence-electron chi connectivity index (χ1n) is 3.89. The molecule has 72 valence electrons. The maximum absolute atomic E-state index is 10.8. The van der Waals surface area contributed by atoms with Gasteiger partial charge in [0, 0.05) is 23.4 Å². The van der Waals surface area contributed by atoms with E-state index in [2.05, 4.69) is 10.5 Å². The molecule has 5 nitrogen and oxygen atoms in total. The van der Waals surface area contributed by atoms with E-state index in [1.165, 1.54) is 31.2 Å². The molecule has 0 bridgehead atoms. The molecule has 2 amide bonds. The molecule has 1 N–H and O–H groups in total. The minimum atomic E-state index is -0.820. The van der Waals surface area contributed by atoms with Crippen molar-refractivity contribution in [2.45, 2.75) is 6.92 Å². The highest BCUT2D eigenvalue weighted by Gasteiger charge is 2.04. The number of carbonyl (C=O) groups is 2. The fourth-order valence-corrected chi connectivity index (χ4v) is 0.952. The Morgan fingerprint density at radius 2 is 1.79 bits per heavy atom. The van der Waals surface area contributed by atoms with Crippen LogP contribution >= 0.6 is 0 Å². The van der Waals surface area contributed by atoms with E-state index in [-0.39, 0.29) is 11.5 Å². The van der Waals surface area contributed by atoms with E-state index in [0.29, 0.717) is 5.69 Å². The first kappa shape index (κ1) is 10.0. The van der Waals surface area contributed by atoms with Gasteiger partial charge >= 0.3 is 5.91 Å². The van der Waals surface area contributed by atoms with Crippen molar-refractivity contribution in [2.75, 3.05) is 5.32 Å². The summed E-state index contributed by atoms with van der Waals surface area (Å²) in [5, 5.41) is 4.80. The number of hydrogen-bond acceptors (Lipinski definition) is 3. The molecule has 0 saturated carbocycles. The predicted octanol–water partition coefficient (Wildman–Crippen LogP) is 1.55. The summed E-state index contributed by atoms with van der Waals surface area (Å²) in [6, 6.07) is 5.91. The summed E-state index contributed by atoms with van der Waals surface area (Å²) in [5.41, 5.74) is 0.772. The molecule has 0 aliphatic heterocycles. The zero-order valence-corrected chi connectivity index (χ0v) is 7.48. The number of hydrogen-bond donors (Lipinski definition) is 1. The highest BCUT2D eigenvalue weighted by atomic mass is 16.3. The van der Waals surface area contributed by atoms with Gasteiger partial charge in [0.05, 0.1) is 0 Å². The summed E-state index contributed by atoms with van der Waals surface area (Å²) < 4.78 is 0. The largest absolute Gasteiger partial charge is 0.326 e. The summed E-state index contributed by atoms with van der Waals surface area (Å²) in [6.45, 7) is 1.38. The van der Waals surface area contributed by atoms with Crippen LogP contribution in [0.3, 0.4) is 0 Å². The molecule has 0 aliphatic carbocycles. The van der Waals surface area contributed by atoms with Gasteiger partial charge in [-0.3, -0.25) is 9.59 Å². The Morgan fingerprint density at radius 3 is 2.21 bits per heavy atom. The molecule has 1 aromatic rings. The third-order valence-electron chi connectivity index (χ3n) is 1.54. The second-order valence-electron chi connectivity index (χ2n) is 2.65. The quantitative estimate of drug-likeness (QED) is 0.722. The highest BCUT2D eigenvalue weighted by Crippen LogP contribution is 2.10. The summed E-state index contributed by atoms with van der Waals surface area (Å²) in [4.78, 5) is 31.3. The molecule has 0 radical (unpaired) electrons. The molecule has 1 aromatic carbocycles. The SMILES string of the molecule is CC(=O)Nc1ccc(C(=O)N=O)cc1. The average molecular weight is 192 g/mol. The minimum Gasteiger partial charge on any atom is -0.326 e. The van der Waals surface area contributed by atoms with Gasteiger partial charge in [-0.1, -0.05) is 0 Å². The lowest BCUT2D eigenvalue weighted by molar-refractivity contribution is -0.114. The van der Waals surface area contributed by atoms with Crippen molar-refractivity contribution < 1.29 is 9.59 Å². The molecular weight excluding hydrogens is 184 g/mol. The van der Waals surface area contributed by atoms with Gasteiger partial charge in [0.2, 0.25) is 5.91 Å². The molecule has 0 aliphatic rings. The van der Waals surface area contributed by atoms with Crippen LogP contribution in [-0.2, 0) is 4.79 Å². The van der Waals surface area contributed by atoms with E-state index in [1.54, 1.807) is 0 Å². The van der Waals surface area contributed by atoms with Gasteiger partial charge in [0.15, 0.2) is 0 Å². The van der Waals surface area contributed by atoms with Gasteiger partial charge in [0.25, 0.3) is 0 Å². The molecule has 0 fully saturated rings. The van der Waals surface area contributed by atoms with Crippen LogP contribution in [0.2, 0.25) is 0 Å². The fraction of sp³-hybridized carbons (Fsp3) is 0.111. The second kappa shape index (κ2) is 4.27. The lowest BCUT2D eigenvalue weighted by atomic mass is 10.2. The average Bonchev–Trinajstić information content (AvgIpc) is 2.17. The number of amides is 2.